The van der Waals surface area contributed by atoms with Crippen molar-refractivity contribution in [1.29, 1.82) is 0 Å². The van der Waals surface area contributed by atoms with E-state index in [1.165, 1.54) is 5.56 Å². The Morgan fingerprint density at radius 3 is 2.69 bits per heavy atom. The van der Waals surface area contributed by atoms with Crippen molar-refractivity contribution in [2.45, 2.75) is 26.3 Å². The molecule has 7 nitrogen and oxygen atoms in total. The van der Waals surface area contributed by atoms with Crippen LogP contribution in [0.15, 0.2) is 43.0 Å². The number of amides is 1. The van der Waals surface area contributed by atoms with E-state index >= 15 is 0 Å². The lowest BCUT2D eigenvalue weighted by atomic mass is 9.76. The Morgan fingerprint density at radius 1 is 1.14 bits per heavy atom. The third kappa shape index (κ3) is 4.67. The molecule has 29 heavy (non-hydrogen) atoms. The molecule has 2 aliphatic heterocycles. The highest BCUT2D eigenvalue weighted by Crippen LogP contribution is 2.45. The minimum absolute atomic E-state index is 0.136. The predicted octanol–water partition coefficient (Wildman–Crippen LogP) is 1.71. The molecule has 1 aromatic carbocycles. The van der Waals surface area contributed by atoms with Crippen molar-refractivity contribution in [1.82, 2.24) is 24.6 Å². The molecule has 0 bridgehead atoms. The number of ether oxygens (including phenoxy) is 1. The summed E-state index contributed by atoms with van der Waals surface area (Å²) < 4.78 is 7.41. The number of fused-ring (bicyclic) bond motifs is 1. The highest BCUT2D eigenvalue weighted by Gasteiger charge is 2.52. The molecule has 2 atom stereocenters. The SMILES string of the molecule is CCOCC(=O)N1C[C@@H]2CN(CCn3cnnc3)C[C@]2(CCc2ccccc2)C1. The summed E-state index contributed by atoms with van der Waals surface area (Å²) in [4.78, 5) is 17.2. The molecule has 0 unspecified atom stereocenters. The molecule has 0 spiro atoms. The minimum Gasteiger partial charge on any atom is -0.372 e. The number of aromatic nitrogens is 3. The van der Waals surface area contributed by atoms with E-state index in [2.05, 4.69) is 45.4 Å². The first-order valence-corrected chi connectivity index (χ1v) is 10.6. The van der Waals surface area contributed by atoms with Crippen LogP contribution in [0, 0.1) is 11.3 Å². The summed E-state index contributed by atoms with van der Waals surface area (Å²) in [6.45, 7) is 8.41. The van der Waals surface area contributed by atoms with Crippen molar-refractivity contribution in [3.8, 4) is 0 Å². The summed E-state index contributed by atoms with van der Waals surface area (Å²) >= 11 is 0. The van der Waals surface area contributed by atoms with E-state index in [1.54, 1.807) is 12.7 Å². The van der Waals surface area contributed by atoms with Crippen LogP contribution in [0.1, 0.15) is 18.9 Å². The van der Waals surface area contributed by atoms with Crippen molar-refractivity contribution in [3.63, 3.8) is 0 Å². The maximum atomic E-state index is 12.6. The van der Waals surface area contributed by atoms with Crippen LogP contribution in [0.4, 0.5) is 0 Å². The Morgan fingerprint density at radius 2 is 1.93 bits per heavy atom. The number of hydrogen-bond acceptors (Lipinski definition) is 5. The minimum atomic E-state index is 0.136. The Labute approximate surface area is 172 Å². The number of likely N-dealkylation sites (tertiary alicyclic amines) is 2. The quantitative estimate of drug-likeness (QED) is 0.645. The van der Waals surface area contributed by atoms with E-state index in [-0.39, 0.29) is 17.9 Å². The molecule has 4 rings (SSSR count). The summed E-state index contributed by atoms with van der Waals surface area (Å²) in [5, 5.41) is 7.79. The maximum Gasteiger partial charge on any atom is 0.248 e. The number of nitrogens with zero attached hydrogens (tertiary/aromatic N) is 5. The molecule has 2 fully saturated rings. The number of benzene rings is 1. The summed E-state index contributed by atoms with van der Waals surface area (Å²) in [5.74, 6) is 0.661. The fourth-order valence-corrected chi connectivity index (χ4v) is 4.92. The second-order valence-corrected chi connectivity index (χ2v) is 8.39. The van der Waals surface area contributed by atoms with Gasteiger partial charge in [0.15, 0.2) is 0 Å². The third-order valence-electron chi connectivity index (χ3n) is 6.51. The van der Waals surface area contributed by atoms with Crippen molar-refractivity contribution < 1.29 is 9.53 Å². The molecule has 2 aliphatic rings. The number of carbonyl (C=O) groups excluding carboxylic acids is 1. The number of aryl methyl sites for hydroxylation is 1. The van der Waals surface area contributed by atoms with Gasteiger partial charge in [-0.15, -0.1) is 10.2 Å². The Hall–Kier alpha value is -2.25. The van der Waals surface area contributed by atoms with Crippen molar-refractivity contribution in [3.05, 3.63) is 48.5 Å². The van der Waals surface area contributed by atoms with Crippen LogP contribution >= 0.6 is 0 Å². The van der Waals surface area contributed by atoms with E-state index in [9.17, 15) is 4.79 Å². The monoisotopic (exact) mass is 397 g/mol. The Kier molecular flexibility index (Phi) is 6.25. The lowest BCUT2D eigenvalue weighted by Crippen LogP contribution is -2.39. The lowest BCUT2D eigenvalue weighted by Gasteiger charge is -2.30. The molecule has 2 aromatic rings. The van der Waals surface area contributed by atoms with E-state index in [0.29, 0.717) is 12.5 Å². The smallest absolute Gasteiger partial charge is 0.248 e. The Balaban J connectivity index is 1.42. The summed E-state index contributed by atoms with van der Waals surface area (Å²) in [5.41, 5.74) is 1.55. The molecule has 0 radical (unpaired) electrons. The highest BCUT2D eigenvalue weighted by molar-refractivity contribution is 5.78. The largest absolute Gasteiger partial charge is 0.372 e. The standard InChI is InChI=1S/C22H31N5O2/c1-2-29-14-21(28)27-13-20-12-25(10-11-26-17-23-24-18-26)15-22(20,16-27)9-8-19-6-4-3-5-7-19/h3-7,17-18,20H,2,8-16H2,1H3/t20-,22+/m0/s1. The zero-order valence-electron chi connectivity index (χ0n) is 17.2. The van der Waals surface area contributed by atoms with Gasteiger partial charge in [0.2, 0.25) is 5.91 Å². The summed E-state index contributed by atoms with van der Waals surface area (Å²) in [6, 6.07) is 10.7. The average molecular weight is 398 g/mol. The van der Waals surface area contributed by atoms with Crippen LogP contribution in [-0.2, 0) is 22.5 Å². The van der Waals surface area contributed by atoms with E-state index in [1.807, 2.05) is 16.4 Å². The van der Waals surface area contributed by atoms with E-state index in [0.717, 1.165) is 52.1 Å². The second kappa shape index (κ2) is 9.05. The molecule has 7 heteroatoms. The topological polar surface area (TPSA) is 63.5 Å². The molecule has 0 aliphatic carbocycles. The van der Waals surface area contributed by atoms with E-state index < -0.39 is 0 Å². The predicted molar refractivity (Wildman–Crippen MR) is 110 cm³/mol. The number of rotatable bonds is 9. The first-order valence-electron chi connectivity index (χ1n) is 10.6. The molecule has 1 aromatic heterocycles. The third-order valence-corrected chi connectivity index (χ3v) is 6.51. The van der Waals surface area contributed by atoms with Gasteiger partial charge in [-0.25, -0.2) is 0 Å². The van der Waals surface area contributed by atoms with Crippen LogP contribution in [0.2, 0.25) is 0 Å². The van der Waals surface area contributed by atoms with Gasteiger partial charge in [-0.1, -0.05) is 30.3 Å². The van der Waals surface area contributed by atoms with E-state index in [4.69, 9.17) is 4.74 Å². The van der Waals surface area contributed by atoms with Crippen LogP contribution in [-0.4, -0.2) is 76.4 Å². The Bertz CT molecular complexity index is 782. The first-order chi connectivity index (χ1) is 14.2. The van der Waals surface area contributed by atoms with Gasteiger partial charge in [0, 0.05) is 51.3 Å². The number of carbonyl (C=O) groups is 1. The lowest BCUT2D eigenvalue weighted by molar-refractivity contribution is -0.135. The zero-order chi connectivity index (χ0) is 20.1. The van der Waals surface area contributed by atoms with Crippen molar-refractivity contribution in [2.75, 3.05) is 45.9 Å². The molecular formula is C22H31N5O2. The fraction of sp³-hybridized carbons (Fsp3) is 0.591. The van der Waals surface area contributed by atoms with Crippen molar-refractivity contribution >= 4 is 5.91 Å². The fourth-order valence-electron chi connectivity index (χ4n) is 4.92. The maximum absolute atomic E-state index is 12.6. The van der Waals surface area contributed by atoms with Crippen LogP contribution in [0.5, 0.6) is 0 Å². The molecular weight excluding hydrogens is 366 g/mol. The normalized spacial score (nSPS) is 24.2. The highest BCUT2D eigenvalue weighted by atomic mass is 16.5. The van der Waals surface area contributed by atoms with Crippen LogP contribution in [0.25, 0.3) is 0 Å². The van der Waals surface area contributed by atoms with Gasteiger partial charge in [-0.2, -0.15) is 0 Å². The number of hydrogen-bond donors (Lipinski definition) is 0. The van der Waals surface area contributed by atoms with Gasteiger partial charge in [0.25, 0.3) is 0 Å². The molecule has 0 saturated carbocycles. The van der Waals surface area contributed by atoms with Gasteiger partial charge in [-0.05, 0) is 31.2 Å². The first kappa shape index (κ1) is 20.0. The van der Waals surface area contributed by atoms with Crippen LogP contribution < -0.4 is 0 Å². The molecule has 156 valence electrons. The van der Waals surface area contributed by atoms with Gasteiger partial charge in [0.05, 0.1) is 0 Å². The molecule has 0 N–H and O–H groups in total. The van der Waals surface area contributed by atoms with Gasteiger partial charge >= 0.3 is 0 Å². The molecule has 1 amide bonds. The molecule has 2 saturated heterocycles. The van der Waals surface area contributed by atoms with Gasteiger partial charge in [-0.3, -0.25) is 4.79 Å². The van der Waals surface area contributed by atoms with Gasteiger partial charge in [0.1, 0.15) is 19.3 Å². The van der Waals surface area contributed by atoms with Crippen molar-refractivity contribution in [2.24, 2.45) is 11.3 Å². The molecule has 3 heterocycles. The van der Waals surface area contributed by atoms with Gasteiger partial charge < -0.3 is 19.1 Å². The van der Waals surface area contributed by atoms with Crippen LogP contribution in [0.3, 0.4) is 0 Å². The second-order valence-electron chi connectivity index (χ2n) is 8.39. The average Bonchev–Trinajstić information content (AvgIpc) is 3.44. The summed E-state index contributed by atoms with van der Waals surface area (Å²) in [7, 11) is 0. The zero-order valence-corrected chi connectivity index (χ0v) is 17.2. The summed E-state index contributed by atoms with van der Waals surface area (Å²) in [6.07, 6.45) is 5.72.